The highest BCUT2D eigenvalue weighted by Gasteiger charge is 2.23. The first-order valence-electron chi connectivity index (χ1n) is 6.52. The van der Waals surface area contributed by atoms with Crippen LogP contribution in [-0.4, -0.2) is 45.3 Å². The summed E-state index contributed by atoms with van der Waals surface area (Å²) >= 11 is 0. The monoisotopic (exact) mass is 246 g/mol. The second kappa shape index (κ2) is 4.89. The van der Waals surface area contributed by atoms with Crippen molar-refractivity contribution in [2.24, 2.45) is 0 Å². The molecule has 3 heterocycles. The average molecular weight is 246 g/mol. The Morgan fingerprint density at radius 2 is 2.50 bits per heavy atom. The molecule has 1 fully saturated rings. The summed E-state index contributed by atoms with van der Waals surface area (Å²) in [6, 6.07) is 0.499. The highest BCUT2D eigenvalue weighted by Crippen LogP contribution is 2.21. The van der Waals surface area contributed by atoms with Crippen LogP contribution >= 0.6 is 0 Å². The van der Waals surface area contributed by atoms with Crippen LogP contribution in [-0.2, 0) is 0 Å². The molecular weight excluding hydrogens is 228 g/mol. The number of aromatic nitrogens is 4. The van der Waals surface area contributed by atoms with E-state index < -0.39 is 0 Å². The first kappa shape index (κ1) is 11.4. The van der Waals surface area contributed by atoms with E-state index in [1.165, 1.54) is 12.8 Å². The minimum Gasteiger partial charge on any atom is -0.349 e. The van der Waals surface area contributed by atoms with Crippen molar-refractivity contribution in [1.29, 1.82) is 0 Å². The maximum absolute atomic E-state index is 4.50. The lowest BCUT2D eigenvalue weighted by atomic mass is 10.1. The lowest BCUT2D eigenvalue weighted by molar-refractivity contribution is 0.433. The molecule has 0 amide bonds. The third kappa shape index (κ3) is 1.92. The van der Waals surface area contributed by atoms with Gasteiger partial charge in [-0.15, -0.1) is 10.2 Å². The van der Waals surface area contributed by atoms with E-state index in [0.717, 1.165) is 31.1 Å². The first-order chi connectivity index (χ1) is 8.90. The quantitative estimate of drug-likeness (QED) is 0.864. The summed E-state index contributed by atoms with van der Waals surface area (Å²) in [7, 11) is 0. The summed E-state index contributed by atoms with van der Waals surface area (Å²) < 4.78 is 1.92. The van der Waals surface area contributed by atoms with Crippen LogP contribution in [0.25, 0.3) is 5.65 Å². The lowest BCUT2D eigenvalue weighted by Crippen LogP contribution is -2.46. The molecule has 0 aromatic carbocycles. The number of fused-ring (bicyclic) bond motifs is 1. The van der Waals surface area contributed by atoms with E-state index in [1.54, 1.807) is 6.33 Å². The van der Waals surface area contributed by atoms with Crippen LogP contribution in [0, 0.1) is 0 Å². The molecular formula is C12H18N6. The summed E-state index contributed by atoms with van der Waals surface area (Å²) in [4.78, 5) is 6.83. The lowest BCUT2D eigenvalue weighted by Gasteiger charge is -2.34. The number of likely N-dealkylation sites (N-methyl/N-ethyl adjacent to an activating group) is 1. The van der Waals surface area contributed by atoms with Gasteiger partial charge in [-0.1, -0.05) is 0 Å². The van der Waals surface area contributed by atoms with Crippen LogP contribution in [0.2, 0.25) is 0 Å². The summed E-state index contributed by atoms with van der Waals surface area (Å²) in [5, 5.41) is 11.6. The Balaban J connectivity index is 1.97. The van der Waals surface area contributed by atoms with Crippen molar-refractivity contribution < 1.29 is 0 Å². The molecule has 1 saturated heterocycles. The van der Waals surface area contributed by atoms with Crippen LogP contribution in [0.1, 0.15) is 19.8 Å². The molecule has 18 heavy (non-hydrogen) atoms. The van der Waals surface area contributed by atoms with Gasteiger partial charge in [-0.05, 0) is 26.3 Å². The molecule has 3 rings (SSSR count). The summed E-state index contributed by atoms with van der Waals surface area (Å²) in [5.74, 6) is 0.936. The molecule has 0 radical (unpaired) electrons. The molecule has 1 atom stereocenters. The number of nitrogens with zero attached hydrogens (tertiary/aromatic N) is 5. The maximum atomic E-state index is 4.50. The standard InChI is InChI=1S/C12H18N6/c1-2-18(10-4-3-5-13-8-10)11-12-16-15-9-17(12)7-6-14-11/h6-7,9-10,13H,2-5,8H2,1H3. The summed E-state index contributed by atoms with van der Waals surface area (Å²) in [6.45, 7) is 5.24. The average Bonchev–Trinajstić information content (AvgIpc) is 2.90. The Kier molecular flexibility index (Phi) is 3.10. The van der Waals surface area contributed by atoms with Crippen molar-refractivity contribution >= 4 is 11.5 Å². The number of hydrogen-bond donors (Lipinski definition) is 1. The summed E-state index contributed by atoms with van der Waals surface area (Å²) in [6.07, 6.45) is 7.83. The number of anilines is 1. The van der Waals surface area contributed by atoms with Crippen LogP contribution < -0.4 is 10.2 Å². The van der Waals surface area contributed by atoms with Gasteiger partial charge in [0, 0.05) is 31.5 Å². The van der Waals surface area contributed by atoms with Crippen LogP contribution in [0.3, 0.4) is 0 Å². The normalized spacial score (nSPS) is 20.2. The zero-order valence-corrected chi connectivity index (χ0v) is 10.6. The fraction of sp³-hybridized carbons (Fsp3) is 0.583. The minimum atomic E-state index is 0.499. The number of nitrogens with one attached hydrogen (secondary N) is 1. The van der Waals surface area contributed by atoms with Gasteiger partial charge in [0.25, 0.3) is 0 Å². The molecule has 96 valence electrons. The Bertz CT molecular complexity index is 516. The largest absolute Gasteiger partial charge is 0.349 e. The topological polar surface area (TPSA) is 58.4 Å². The molecule has 2 aromatic heterocycles. The Labute approximate surface area is 106 Å². The molecule has 0 saturated carbocycles. The third-order valence-corrected chi connectivity index (χ3v) is 3.52. The van der Waals surface area contributed by atoms with Crippen molar-refractivity contribution in [2.75, 3.05) is 24.5 Å². The first-order valence-corrected chi connectivity index (χ1v) is 6.52. The van der Waals surface area contributed by atoms with E-state index in [9.17, 15) is 0 Å². The van der Waals surface area contributed by atoms with Gasteiger partial charge in [0.15, 0.2) is 5.82 Å². The number of rotatable bonds is 3. The van der Waals surface area contributed by atoms with E-state index >= 15 is 0 Å². The van der Waals surface area contributed by atoms with Crippen molar-refractivity contribution in [1.82, 2.24) is 24.9 Å². The Hall–Kier alpha value is -1.69. The van der Waals surface area contributed by atoms with E-state index in [-0.39, 0.29) is 0 Å². The van der Waals surface area contributed by atoms with Gasteiger partial charge in [-0.3, -0.25) is 4.40 Å². The van der Waals surface area contributed by atoms with Crippen LogP contribution in [0.15, 0.2) is 18.7 Å². The van der Waals surface area contributed by atoms with Crippen molar-refractivity contribution in [3.05, 3.63) is 18.7 Å². The molecule has 1 aliphatic heterocycles. The third-order valence-electron chi connectivity index (χ3n) is 3.52. The van der Waals surface area contributed by atoms with E-state index in [4.69, 9.17) is 0 Å². The zero-order valence-electron chi connectivity index (χ0n) is 10.6. The van der Waals surface area contributed by atoms with E-state index in [2.05, 4.69) is 32.3 Å². The molecule has 1 aliphatic rings. The maximum Gasteiger partial charge on any atom is 0.203 e. The predicted octanol–water partition coefficient (Wildman–Crippen LogP) is 0.703. The van der Waals surface area contributed by atoms with Crippen LogP contribution in [0.5, 0.6) is 0 Å². The molecule has 6 heteroatoms. The molecule has 0 aliphatic carbocycles. The number of hydrogen-bond acceptors (Lipinski definition) is 5. The molecule has 1 N–H and O–H groups in total. The molecule has 0 spiro atoms. The Morgan fingerprint density at radius 1 is 1.56 bits per heavy atom. The second-order valence-corrected chi connectivity index (χ2v) is 4.60. The SMILES string of the molecule is CCN(c1nccn2cnnc12)C1CCCNC1. The van der Waals surface area contributed by atoms with Gasteiger partial charge in [-0.2, -0.15) is 0 Å². The fourth-order valence-electron chi connectivity index (χ4n) is 2.63. The highest BCUT2D eigenvalue weighted by molar-refractivity contribution is 5.63. The molecule has 2 aromatic rings. The molecule has 6 nitrogen and oxygen atoms in total. The second-order valence-electron chi connectivity index (χ2n) is 4.60. The molecule has 0 bridgehead atoms. The highest BCUT2D eigenvalue weighted by atomic mass is 15.3. The van der Waals surface area contributed by atoms with Crippen molar-refractivity contribution in [3.63, 3.8) is 0 Å². The van der Waals surface area contributed by atoms with Crippen LogP contribution in [0.4, 0.5) is 5.82 Å². The summed E-state index contributed by atoms with van der Waals surface area (Å²) in [5.41, 5.74) is 0.838. The van der Waals surface area contributed by atoms with Crippen molar-refractivity contribution in [3.8, 4) is 0 Å². The van der Waals surface area contributed by atoms with Gasteiger partial charge < -0.3 is 10.2 Å². The van der Waals surface area contributed by atoms with E-state index in [1.807, 2.05) is 16.8 Å². The Morgan fingerprint density at radius 3 is 3.28 bits per heavy atom. The van der Waals surface area contributed by atoms with Gasteiger partial charge in [0.05, 0.1) is 0 Å². The van der Waals surface area contributed by atoms with Gasteiger partial charge >= 0.3 is 0 Å². The zero-order chi connectivity index (χ0) is 12.4. The minimum absolute atomic E-state index is 0.499. The number of piperidine rings is 1. The van der Waals surface area contributed by atoms with Crippen molar-refractivity contribution in [2.45, 2.75) is 25.8 Å². The molecule has 1 unspecified atom stereocenters. The van der Waals surface area contributed by atoms with Gasteiger partial charge in [-0.25, -0.2) is 4.98 Å². The smallest absolute Gasteiger partial charge is 0.203 e. The van der Waals surface area contributed by atoms with Gasteiger partial charge in [0.1, 0.15) is 6.33 Å². The van der Waals surface area contributed by atoms with E-state index in [0.29, 0.717) is 6.04 Å². The predicted molar refractivity (Wildman–Crippen MR) is 69.7 cm³/mol. The fourth-order valence-corrected chi connectivity index (χ4v) is 2.63. The van der Waals surface area contributed by atoms with Gasteiger partial charge in [0.2, 0.25) is 5.65 Å².